The number of allylic oxidation sites excluding steroid dienone is 1. The smallest absolute Gasteiger partial charge is 0.341 e. The second kappa shape index (κ2) is 42.2. The highest BCUT2D eigenvalue weighted by molar-refractivity contribution is 5.92. The predicted octanol–water partition coefficient (Wildman–Crippen LogP) is 4.00. The SMILES string of the molecule is C/C=C(/C)C(=O)O[C@H]1C(C)=C2[C@H]([C@@H]1OC(=O)CCCCCCC)[C@@](C)(OC(C)=O)C[C@H](OC(=O)CC)[C@@]1(O)[C@H]2OC(=O)[C@@]1(C)O.CC(=O)O.CCC(=O)C[C@H](N)C(=O)N[C@@H](CCC(=O)C[C@@H](CC)C(=O)O)C(=O)O.CCC(=O)N[C@@H](CCC(=O)C[C@@H](CCC(=O)O)C(=O)O)C(=O)O. The highest BCUT2D eigenvalue weighted by Crippen LogP contribution is 2.57. The Labute approximate surface area is 562 Å². The molecule has 1 heterocycles. The van der Waals surface area contributed by atoms with Gasteiger partial charge in [0.25, 0.3) is 5.97 Å². The first-order valence-electron chi connectivity index (χ1n) is 32.0. The van der Waals surface area contributed by atoms with Crippen molar-refractivity contribution in [3.8, 4) is 0 Å². The Bertz CT molecular complexity index is 2890. The van der Waals surface area contributed by atoms with Gasteiger partial charge in [0.2, 0.25) is 11.8 Å². The summed E-state index contributed by atoms with van der Waals surface area (Å²) in [6.07, 6.45) is -1.60. The number of amides is 2. The van der Waals surface area contributed by atoms with Gasteiger partial charge in [0, 0.05) is 90.0 Å². The van der Waals surface area contributed by atoms with E-state index in [9.17, 15) is 82.1 Å². The van der Waals surface area contributed by atoms with Crippen molar-refractivity contribution in [2.75, 3.05) is 0 Å². The van der Waals surface area contributed by atoms with Crippen LogP contribution in [0.25, 0.3) is 0 Å². The van der Waals surface area contributed by atoms with Gasteiger partial charge in [0.1, 0.15) is 41.1 Å². The van der Waals surface area contributed by atoms with Crippen LogP contribution in [-0.4, -0.2) is 195 Å². The molecule has 0 aromatic carbocycles. The molecule has 0 aromatic heterocycles. The Kier molecular flexibility index (Phi) is 38.5. The summed E-state index contributed by atoms with van der Waals surface area (Å²) in [6.45, 7) is 18.1. The van der Waals surface area contributed by atoms with Crippen molar-refractivity contribution >= 4 is 94.8 Å². The number of nitrogens with one attached hydrogen (secondary N) is 2. The van der Waals surface area contributed by atoms with Crippen LogP contribution in [0, 0.1) is 17.8 Å². The van der Waals surface area contributed by atoms with E-state index in [0.717, 1.165) is 39.5 Å². The fourth-order valence-electron chi connectivity index (χ4n) is 10.7. The zero-order valence-corrected chi connectivity index (χ0v) is 57.2. The van der Waals surface area contributed by atoms with Crippen molar-refractivity contribution in [1.29, 1.82) is 0 Å². The fraction of sp³-hybridized carbons (Fsp3) is 0.692. The third kappa shape index (κ3) is 28.2. The van der Waals surface area contributed by atoms with Crippen LogP contribution in [0.1, 0.15) is 212 Å². The molecule has 97 heavy (non-hydrogen) atoms. The van der Waals surface area contributed by atoms with Crippen LogP contribution in [0.3, 0.4) is 0 Å². The molecule has 2 amide bonds. The van der Waals surface area contributed by atoms with E-state index >= 15 is 0 Å². The third-order valence-electron chi connectivity index (χ3n) is 16.4. The highest BCUT2D eigenvalue weighted by Gasteiger charge is 2.76. The molecule has 0 spiro atoms. The van der Waals surface area contributed by atoms with Crippen LogP contribution in [0.4, 0.5) is 0 Å². The van der Waals surface area contributed by atoms with E-state index in [-0.39, 0.29) is 112 Å². The van der Waals surface area contributed by atoms with Crippen LogP contribution >= 0.6 is 0 Å². The summed E-state index contributed by atoms with van der Waals surface area (Å²) in [5, 5.41) is 80.1. The number of carbonyl (C=O) groups excluding carboxylic acids is 10. The van der Waals surface area contributed by atoms with Gasteiger partial charge in [0.15, 0.2) is 29.5 Å². The average Bonchev–Trinajstić information content (AvgIpc) is 1.53. The second-order valence-electron chi connectivity index (χ2n) is 24.1. The number of hydrogen-bond acceptors (Lipinski definition) is 24. The van der Waals surface area contributed by atoms with Crippen molar-refractivity contribution in [2.45, 2.75) is 271 Å². The van der Waals surface area contributed by atoms with Crippen LogP contribution in [0.5, 0.6) is 0 Å². The van der Waals surface area contributed by atoms with Gasteiger partial charge in [0.05, 0.1) is 23.8 Å². The zero-order valence-electron chi connectivity index (χ0n) is 57.2. The molecule has 13 atom stereocenters. The Morgan fingerprint density at radius 3 is 1.62 bits per heavy atom. The quantitative estimate of drug-likeness (QED) is 0.0138. The minimum atomic E-state index is -2.57. The van der Waals surface area contributed by atoms with E-state index in [1.807, 2.05) is 0 Å². The molecule has 32 nitrogen and oxygen atoms in total. The topological polar surface area (TPSA) is 531 Å². The zero-order chi connectivity index (χ0) is 75.0. The molecule has 1 saturated carbocycles. The highest BCUT2D eigenvalue weighted by atomic mass is 16.6. The van der Waals surface area contributed by atoms with Crippen molar-refractivity contribution < 1.29 is 141 Å². The molecule has 32 heteroatoms. The average molecular weight is 1390 g/mol. The third-order valence-corrected chi connectivity index (χ3v) is 16.4. The van der Waals surface area contributed by atoms with Crippen molar-refractivity contribution in [3.05, 3.63) is 22.8 Å². The number of rotatable bonds is 37. The lowest BCUT2D eigenvalue weighted by Gasteiger charge is -2.41. The van der Waals surface area contributed by atoms with Gasteiger partial charge < -0.3 is 80.9 Å². The van der Waals surface area contributed by atoms with Crippen LogP contribution in [0.2, 0.25) is 0 Å². The van der Waals surface area contributed by atoms with E-state index in [1.165, 1.54) is 20.8 Å². The molecule has 1 aliphatic heterocycles. The number of aliphatic hydroxyl groups is 2. The molecule has 0 radical (unpaired) electrons. The molecule has 1 saturated heterocycles. The monoisotopic (exact) mass is 1390 g/mol. The number of unbranched alkanes of at least 4 members (excludes halogenated alkanes) is 4. The minimum Gasteiger partial charge on any atom is -0.481 e. The molecule has 548 valence electrons. The summed E-state index contributed by atoms with van der Waals surface area (Å²) in [7, 11) is 0. The van der Waals surface area contributed by atoms with Crippen LogP contribution < -0.4 is 16.4 Å². The number of esters is 5. The predicted molar refractivity (Wildman–Crippen MR) is 337 cm³/mol. The van der Waals surface area contributed by atoms with E-state index in [2.05, 4.69) is 17.6 Å². The molecule has 2 fully saturated rings. The van der Waals surface area contributed by atoms with Crippen LogP contribution in [0.15, 0.2) is 22.8 Å². The maximum atomic E-state index is 13.3. The van der Waals surface area contributed by atoms with E-state index in [0.29, 0.717) is 12.8 Å². The van der Waals surface area contributed by atoms with Gasteiger partial charge >= 0.3 is 59.7 Å². The molecule has 0 bridgehead atoms. The number of hydrogen-bond donors (Lipinski definition) is 11. The van der Waals surface area contributed by atoms with E-state index in [1.54, 1.807) is 47.6 Å². The number of ketones is 3. The Hall–Kier alpha value is -8.52. The molecule has 12 N–H and O–H groups in total. The van der Waals surface area contributed by atoms with Crippen LogP contribution in [-0.2, 0) is 100 Å². The Morgan fingerprint density at radius 1 is 0.639 bits per heavy atom. The number of nitrogens with two attached hydrogens (primary N) is 1. The molecule has 3 aliphatic rings. The lowest BCUT2D eigenvalue weighted by atomic mass is 9.75. The molecule has 0 unspecified atom stereocenters. The van der Waals surface area contributed by atoms with Gasteiger partial charge in [-0.1, -0.05) is 66.4 Å². The summed E-state index contributed by atoms with van der Waals surface area (Å²) in [5.41, 5.74) is -0.563. The number of fused-ring (bicyclic) bond motifs is 3. The summed E-state index contributed by atoms with van der Waals surface area (Å²) < 4.78 is 29.1. The lowest BCUT2D eigenvalue weighted by Crippen LogP contribution is -2.64. The molecular formula is C65H99N3O29. The fourth-order valence-corrected chi connectivity index (χ4v) is 10.7. The van der Waals surface area contributed by atoms with E-state index < -0.39 is 167 Å². The Balaban J connectivity index is 0.00000150. The number of Topliss-reactive ketones (excluding diaryl/α,β-unsaturated/α-hetero) is 3. The van der Waals surface area contributed by atoms with E-state index in [4.69, 9.17) is 64.9 Å². The first-order chi connectivity index (χ1) is 45.0. The maximum Gasteiger partial charge on any atom is 0.341 e. The summed E-state index contributed by atoms with van der Waals surface area (Å²) in [4.78, 5) is 186. The lowest BCUT2D eigenvalue weighted by molar-refractivity contribution is -0.212. The number of carboxylic acids is 6. The first-order valence-corrected chi connectivity index (χ1v) is 32.0. The van der Waals surface area contributed by atoms with Gasteiger partial charge in [-0.05, 0) is 77.9 Å². The molecule has 3 rings (SSSR count). The summed E-state index contributed by atoms with van der Waals surface area (Å²) in [6, 6.07) is -3.70. The summed E-state index contributed by atoms with van der Waals surface area (Å²) in [5.74, 6) is -16.3. The number of carboxylic acid groups (broad SMARTS) is 6. The van der Waals surface area contributed by atoms with Gasteiger partial charge in [-0.25, -0.2) is 19.2 Å². The minimum absolute atomic E-state index is 0.0773. The largest absolute Gasteiger partial charge is 0.481 e. The second-order valence-corrected chi connectivity index (χ2v) is 24.1. The van der Waals surface area contributed by atoms with Gasteiger partial charge in [-0.15, -0.1) is 0 Å². The first kappa shape index (κ1) is 88.5. The molecular weight excluding hydrogens is 1290 g/mol. The number of aliphatic carboxylic acids is 6. The van der Waals surface area contributed by atoms with Gasteiger partial charge in [-0.3, -0.25) is 57.5 Å². The summed E-state index contributed by atoms with van der Waals surface area (Å²) >= 11 is 0. The standard InChI is InChI=1S/C33H48O12.C16H26N2O7.C14H21NO8.C2H4O2/c1-9-12-13-14-15-16-23(36)42-27-25-24(19(5)26(27)43-29(37)18(4)10-2)28-33(40,32(8,39)30(38)44-28)21(41-22(35)11-3)17-31(25,7)45-20(6)34;1-3-9(15(22)23)7-11(20)5-6-13(16(24)25)18-14(21)12(17)8-10(19)4-2;1-2-11(17)15-10(14(22)23)5-4-9(16)7-8(13(20)21)3-6-12(18)19;1-2(3)4/h10,21,25-28,39-40H,9,11-17H2,1-8H3;9,12-13H,3-8,17H2,1-2H3,(H,18,21)(H,22,23)(H,24,25);8,10H,2-7H2,1H3,(H,15,17)(H,18,19)(H,20,21)(H,22,23);1H3,(H,3,4)/b18-10-;;;/t21-,25+,26-,27-,28-,31-,32+,33+;9-,12+,13+;8-,10+;/m011./s1. The van der Waals surface area contributed by atoms with Crippen molar-refractivity contribution in [2.24, 2.45) is 23.5 Å². The maximum absolute atomic E-state index is 13.3. The normalized spacial score (nSPS) is 22.9. The number of ether oxygens (including phenoxy) is 5. The number of carbonyl (C=O) groups is 16. The van der Waals surface area contributed by atoms with Gasteiger partial charge in [-0.2, -0.15) is 0 Å². The Morgan fingerprint density at radius 2 is 1.16 bits per heavy atom. The van der Waals surface area contributed by atoms with Crippen molar-refractivity contribution in [1.82, 2.24) is 10.6 Å². The van der Waals surface area contributed by atoms with Crippen molar-refractivity contribution in [3.63, 3.8) is 0 Å². The molecule has 2 aliphatic carbocycles. The molecule has 0 aromatic rings.